The Balaban J connectivity index is 2.79. The minimum absolute atomic E-state index is 0.689. The molecule has 0 saturated carbocycles. The van der Waals surface area contributed by atoms with Gasteiger partial charge in [-0.3, -0.25) is 19.6 Å². The van der Waals surface area contributed by atoms with E-state index in [1.807, 2.05) is 0 Å². The molecule has 2 fully saturated rings. The molecule has 4 amide bonds. The van der Waals surface area contributed by atoms with Gasteiger partial charge in [-0.05, 0) is 0 Å². The standard InChI is InChI=1S/C9H14N4O5/c1-10-6(16)12(3)9(18)8(10,5(14)15)11(2)7(17)13(9)4/h18H,1-4H3,(H,14,15). The molecular formula is C9H14N4O5. The number of carbonyl (C=O) groups is 3. The van der Waals surface area contributed by atoms with Crippen LogP contribution < -0.4 is 0 Å². The van der Waals surface area contributed by atoms with Gasteiger partial charge in [-0.1, -0.05) is 0 Å². The number of likely N-dealkylation sites (N-methyl/N-ethyl adjacent to an activating group) is 4. The van der Waals surface area contributed by atoms with E-state index in [1.54, 1.807) is 0 Å². The van der Waals surface area contributed by atoms with Crippen molar-refractivity contribution in [2.45, 2.75) is 11.5 Å². The van der Waals surface area contributed by atoms with Crippen LogP contribution in [0.15, 0.2) is 0 Å². The molecule has 0 aromatic carbocycles. The van der Waals surface area contributed by atoms with E-state index in [0.717, 1.165) is 19.6 Å². The van der Waals surface area contributed by atoms with Crippen molar-refractivity contribution in [3.63, 3.8) is 0 Å². The minimum atomic E-state index is -2.25. The molecule has 9 heteroatoms. The van der Waals surface area contributed by atoms with Gasteiger partial charge >= 0.3 is 18.0 Å². The first kappa shape index (κ1) is 12.4. The summed E-state index contributed by atoms with van der Waals surface area (Å²) in [6.45, 7) is 0. The van der Waals surface area contributed by atoms with Crippen molar-refractivity contribution in [1.82, 2.24) is 19.6 Å². The Kier molecular flexibility index (Phi) is 2.10. The molecular weight excluding hydrogens is 244 g/mol. The van der Waals surface area contributed by atoms with Crippen molar-refractivity contribution in [3.8, 4) is 0 Å². The number of nitrogens with zero attached hydrogens (tertiary/aromatic N) is 4. The highest BCUT2D eigenvalue weighted by atomic mass is 16.4. The summed E-state index contributed by atoms with van der Waals surface area (Å²) < 4.78 is 0. The minimum Gasteiger partial charge on any atom is -0.478 e. The molecule has 18 heavy (non-hydrogen) atoms. The lowest BCUT2D eigenvalue weighted by molar-refractivity contribution is -0.210. The third kappa shape index (κ3) is 0.838. The zero-order chi connectivity index (χ0) is 14.0. The summed E-state index contributed by atoms with van der Waals surface area (Å²) in [6.07, 6.45) is 0. The lowest BCUT2D eigenvalue weighted by atomic mass is 10.0. The molecule has 2 aliphatic heterocycles. The van der Waals surface area contributed by atoms with E-state index in [1.165, 1.54) is 28.2 Å². The predicted octanol–water partition coefficient (Wildman–Crippen LogP) is -1.59. The van der Waals surface area contributed by atoms with Crippen LogP contribution in [-0.4, -0.2) is 87.5 Å². The fourth-order valence-corrected chi connectivity index (χ4v) is 2.79. The average Bonchev–Trinajstić information content (AvgIpc) is 2.56. The summed E-state index contributed by atoms with van der Waals surface area (Å²) in [6, 6.07) is -1.38. The number of rotatable bonds is 1. The average molecular weight is 258 g/mol. The second kappa shape index (κ2) is 3.05. The van der Waals surface area contributed by atoms with Crippen LogP contribution in [0, 0.1) is 0 Å². The van der Waals surface area contributed by atoms with Gasteiger partial charge in [0.2, 0.25) is 0 Å². The van der Waals surface area contributed by atoms with Crippen LogP contribution in [0.5, 0.6) is 0 Å². The summed E-state index contributed by atoms with van der Waals surface area (Å²) in [5.74, 6) is -3.73. The van der Waals surface area contributed by atoms with Gasteiger partial charge in [0.25, 0.3) is 11.5 Å². The van der Waals surface area contributed by atoms with E-state index in [9.17, 15) is 24.6 Å². The molecule has 100 valence electrons. The number of aliphatic carboxylic acids is 1. The second-order valence-electron chi connectivity index (χ2n) is 4.41. The first-order valence-electron chi connectivity index (χ1n) is 5.14. The van der Waals surface area contributed by atoms with Crippen molar-refractivity contribution in [3.05, 3.63) is 0 Å². The highest BCUT2D eigenvalue weighted by molar-refractivity contribution is 5.98. The number of carboxylic acid groups (broad SMARTS) is 1. The van der Waals surface area contributed by atoms with E-state index in [4.69, 9.17) is 0 Å². The monoisotopic (exact) mass is 258 g/mol. The number of hydrogen-bond donors (Lipinski definition) is 2. The van der Waals surface area contributed by atoms with Crippen LogP contribution in [0.2, 0.25) is 0 Å². The molecule has 2 aliphatic rings. The number of amides is 4. The van der Waals surface area contributed by atoms with Crippen LogP contribution in [-0.2, 0) is 4.79 Å². The summed E-state index contributed by atoms with van der Waals surface area (Å²) >= 11 is 0. The molecule has 0 bridgehead atoms. The Morgan fingerprint density at radius 2 is 1.28 bits per heavy atom. The van der Waals surface area contributed by atoms with E-state index in [-0.39, 0.29) is 0 Å². The molecule has 0 radical (unpaired) electrons. The lowest BCUT2D eigenvalue weighted by Gasteiger charge is -2.39. The number of carboxylic acids is 1. The summed E-state index contributed by atoms with van der Waals surface area (Å²) in [5, 5.41) is 20.1. The smallest absolute Gasteiger partial charge is 0.358 e. The number of fused-ring (bicyclic) bond motifs is 1. The number of carbonyl (C=O) groups excluding carboxylic acids is 2. The Bertz CT molecular complexity index is 436. The molecule has 9 nitrogen and oxygen atoms in total. The number of urea groups is 2. The zero-order valence-corrected chi connectivity index (χ0v) is 10.4. The maximum Gasteiger partial charge on any atom is 0.358 e. The molecule has 0 atom stereocenters. The van der Waals surface area contributed by atoms with Crippen LogP contribution in [0.4, 0.5) is 9.59 Å². The molecule has 0 aromatic rings. The van der Waals surface area contributed by atoms with Gasteiger partial charge in [-0.25, -0.2) is 14.4 Å². The topological polar surface area (TPSA) is 105 Å². The number of aliphatic hydroxyl groups is 1. The van der Waals surface area contributed by atoms with E-state index < -0.39 is 29.5 Å². The van der Waals surface area contributed by atoms with Crippen molar-refractivity contribution < 1.29 is 24.6 Å². The van der Waals surface area contributed by atoms with Crippen LogP contribution in [0.25, 0.3) is 0 Å². The van der Waals surface area contributed by atoms with E-state index >= 15 is 0 Å². The van der Waals surface area contributed by atoms with Gasteiger partial charge < -0.3 is 10.2 Å². The summed E-state index contributed by atoms with van der Waals surface area (Å²) in [7, 11) is 4.95. The van der Waals surface area contributed by atoms with Crippen molar-refractivity contribution in [2.75, 3.05) is 28.2 Å². The van der Waals surface area contributed by atoms with E-state index in [0.29, 0.717) is 0 Å². The maximum absolute atomic E-state index is 11.9. The van der Waals surface area contributed by atoms with Gasteiger partial charge in [-0.15, -0.1) is 0 Å². The first-order valence-corrected chi connectivity index (χ1v) is 5.14. The Morgan fingerprint density at radius 3 is 1.50 bits per heavy atom. The fourth-order valence-electron chi connectivity index (χ4n) is 2.79. The van der Waals surface area contributed by atoms with Crippen LogP contribution >= 0.6 is 0 Å². The zero-order valence-electron chi connectivity index (χ0n) is 10.4. The van der Waals surface area contributed by atoms with Crippen LogP contribution in [0.1, 0.15) is 0 Å². The normalized spacial score (nSPS) is 35.6. The third-order valence-electron chi connectivity index (χ3n) is 3.82. The molecule has 2 saturated heterocycles. The second-order valence-corrected chi connectivity index (χ2v) is 4.41. The fraction of sp³-hybridized carbons (Fsp3) is 0.667. The molecule has 0 spiro atoms. The Labute approximate surface area is 103 Å². The molecule has 2 N–H and O–H groups in total. The summed E-state index contributed by atoms with van der Waals surface area (Å²) in [5.41, 5.74) is -2.16. The Morgan fingerprint density at radius 1 is 0.944 bits per heavy atom. The molecule has 0 aliphatic carbocycles. The van der Waals surface area contributed by atoms with Gasteiger partial charge in [0, 0.05) is 28.2 Å². The van der Waals surface area contributed by atoms with Gasteiger partial charge in [-0.2, -0.15) is 0 Å². The highest BCUT2D eigenvalue weighted by Crippen LogP contribution is 2.47. The van der Waals surface area contributed by atoms with Gasteiger partial charge in [0.05, 0.1) is 0 Å². The molecule has 2 heterocycles. The Hall–Kier alpha value is -2.03. The largest absolute Gasteiger partial charge is 0.478 e. The van der Waals surface area contributed by atoms with Crippen molar-refractivity contribution >= 4 is 18.0 Å². The van der Waals surface area contributed by atoms with Gasteiger partial charge in [0.15, 0.2) is 0 Å². The molecule has 2 rings (SSSR count). The van der Waals surface area contributed by atoms with E-state index in [2.05, 4.69) is 0 Å². The van der Waals surface area contributed by atoms with Gasteiger partial charge in [0.1, 0.15) is 0 Å². The third-order valence-corrected chi connectivity index (χ3v) is 3.82. The summed E-state index contributed by atoms with van der Waals surface area (Å²) in [4.78, 5) is 38.8. The highest BCUT2D eigenvalue weighted by Gasteiger charge is 2.80. The molecule has 0 unspecified atom stereocenters. The number of hydrogen-bond acceptors (Lipinski definition) is 4. The predicted molar refractivity (Wildman–Crippen MR) is 57.2 cm³/mol. The first-order chi connectivity index (χ1) is 8.15. The van der Waals surface area contributed by atoms with Crippen molar-refractivity contribution in [2.24, 2.45) is 0 Å². The van der Waals surface area contributed by atoms with Crippen LogP contribution in [0.3, 0.4) is 0 Å². The molecule has 0 aromatic heterocycles. The maximum atomic E-state index is 11.9. The SMILES string of the molecule is CN1C(=O)N(C)C2(C(=O)O)N(C)C(=O)N(C)C12O. The lowest BCUT2D eigenvalue weighted by Crippen LogP contribution is -2.70. The quantitative estimate of drug-likeness (QED) is 0.590. The van der Waals surface area contributed by atoms with Crippen molar-refractivity contribution in [1.29, 1.82) is 0 Å².